The zero-order valence-electron chi connectivity index (χ0n) is 7.02. The molecule has 0 radical (unpaired) electrons. The first-order chi connectivity index (χ1) is 5.20. The summed E-state index contributed by atoms with van der Waals surface area (Å²) in [7, 11) is 0. The van der Waals surface area contributed by atoms with Gasteiger partial charge in [0.25, 0.3) is 0 Å². The van der Waals surface area contributed by atoms with Gasteiger partial charge >= 0.3 is 0 Å². The van der Waals surface area contributed by atoms with Crippen molar-refractivity contribution in [3.63, 3.8) is 0 Å². The Hall–Kier alpha value is -1.11. The molecule has 11 heavy (non-hydrogen) atoms. The Morgan fingerprint density at radius 1 is 1.55 bits per heavy atom. The van der Waals surface area contributed by atoms with Gasteiger partial charge < -0.3 is 5.41 Å². The first-order valence-electron chi connectivity index (χ1n) is 3.79. The van der Waals surface area contributed by atoms with Crippen molar-refractivity contribution >= 4 is 5.71 Å². The monoisotopic (exact) mass is 147 g/mol. The predicted molar refractivity (Wildman–Crippen MR) is 49.0 cm³/mol. The molecule has 1 heteroatoms. The maximum absolute atomic E-state index is 7.63. The highest BCUT2D eigenvalue weighted by Crippen LogP contribution is 2.12. The Morgan fingerprint density at radius 2 is 2.27 bits per heavy atom. The van der Waals surface area contributed by atoms with Crippen LogP contribution in [-0.4, -0.2) is 5.71 Å². The summed E-state index contributed by atoms with van der Waals surface area (Å²) in [6, 6.07) is 0. The molecule has 0 saturated carbocycles. The average molecular weight is 147 g/mol. The number of rotatable bonds is 2. The highest BCUT2D eigenvalue weighted by atomic mass is 14.4. The molecule has 0 aromatic carbocycles. The Morgan fingerprint density at radius 3 is 2.73 bits per heavy atom. The highest BCUT2D eigenvalue weighted by molar-refractivity contribution is 6.07. The van der Waals surface area contributed by atoms with E-state index in [1.165, 1.54) is 5.57 Å². The normalized spacial score (nSPS) is 14.5. The average Bonchev–Trinajstić information content (AvgIpc) is 2.35. The molecule has 1 rings (SSSR count). The Kier molecular flexibility index (Phi) is 2.42. The van der Waals surface area contributed by atoms with Crippen molar-refractivity contribution in [2.75, 3.05) is 0 Å². The van der Waals surface area contributed by atoms with E-state index in [4.69, 9.17) is 5.41 Å². The van der Waals surface area contributed by atoms with E-state index in [0.29, 0.717) is 5.71 Å². The van der Waals surface area contributed by atoms with Crippen LogP contribution in [-0.2, 0) is 0 Å². The third kappa shape index (κ3) is 2.19. The van der Waals surface area contributed by atoms with Crippen molar-refractivity contribution in [1.82, 2.24) is 0 Å². The molecule has 1 aliphatic rings. The largest absolute Gasteiger partial charge is 0.301 e. The fraction of sp³-hybridized carbons (Fsp3) is 0.300. The van der Waals surface area contributed by atoms with Gasteiger partial charge in [-0.25, -0.2) is 0 Å². The lowest BCUT2D eigenvalue weighted by atomic mass is 10.1. The molecule has 0 aromatic heterocycles. The van der Waals surface area contributed by atoms with Crippen LogP contribution in [0.5, 0.6) is 0 Å². The first kappa shape index (κ1) is 7.99. The van der Waals surface area contributed by atoms with Gasteiger partial charge in [0, 0.05) is 0 Å². The number of hydrogen-bond acceptors (Lipinski definition) is 1. The lowest BCUT2D eigenvalue weighted by Crippen LogP contribution is -1.94. The minimum Gasteiger partial charge on any atom is -0.301 e. The van der Waals surface area contributed by atoms with Crippen LogP contribution in [0, 0.1) is 5.41 Å². The fourth-order valence-corrected chi connectivity index (χ4v) is 1.03. The molecule has 0 fully saturated rings. The van der Waals surface area contributed by atoms with Crippen molar-refractivity contribution in [2.45, 2.75) is 20.3 Å². The molecule has 0 aromatic rings. The van der Waals surface area contributed by atoms with Crippen molar-refractivity contribution in [3.8, 4) is 0 Å². The van der Waals surface area contributed by atoms with Crippen LogP contribution in [0.1, 0.15) is 20.3 Å². The first-order valence-corrected chi connectivity index (χ1v) is 3.79. The summed E-state index contributed by atoms with van der Waals surface area (Å²) in [6.45, 7) is 4.02. The second-order valence-corrected chi connectivity index (χ2v) is 2.96. The SMILES string of the molecule is CC(C)=CC(=N)C1=CC=CC1. The van der Waals surface area contributed by atoms with Crippen LogP contribution in [0.4, 0.5) is 0 Å². The van der Waals surface area contributed by atoms with Crippen molar-refractivity contribution < 1.29 is 0 Å². The summed E-state index contributed by atoms with van der Waals surface area (Å²) in [4.78, 5) is 0. The fourth-order valence-electron chi connectivity index (χ4n) is 1.03. The second kappa shape index (κ2) is 3.33. The third-order valence-corrected chi connectivity index (χ3v) is 1.55. The maximum atomic E-state index is 7.63. The van der Waals surface area contributed by atoms with Crippen molar-refractivity contribution in [1.29, 1.82) is 5.41 Å². The highest BCUT2D eigenvalue weighted by Gasteiger charge is 2.02. The molecule has 0 saturated heterocycles. The standard InChI is InChI=1S/C10H13N/c1-8(2)7-10(11)9-5-3-4-6-9/h3-5,7,11H,6H2,1-2H3. The Labute approximate surface area is 67.6 Å². The number of nitrogens with one attached hydrogen (secondary N) is 1. The van der Waals surface area contributed by atoms with E-state index in [1.807, 2.05) is 32.1 Å². The van der Waals surface area contributed by atoms with E-state index >= 15 is 0 Å². The maximum Gasteiger partial charge on any atom is 0.0574 e. The van der Waals surface area contributed by atoms with Gasteiger partial charge in [-0.2, -0.15) is 0 Å². The van der Waals surface area contributed by atoms with Gasteiger partial charge in [0.15, 0.2) is 0 Å². The molecule has 0 bridgehead atoms. The summed E-state index contributed by atoms with van der Waals surface area (Å²) in [5.41, 5.74) is 2.95. The van der Waals surface area contributed by atoms with E-state index in [2.05, 4.69) is 6.08 Å². The summed E-state index contributed by atoms with van der Waals surface area (Å²) in [5.74, 6) is 0. The number of hydrogen-bond donors (Lipinski definition) is 1. The van der Waals surface area contributed by atoms with Crippen LogP contribution in [0.15, 0.2) is 35.5 Å². The predicted octanol–water partition coefficient (Wildman–Crippen LogP) is 2.86. The quantitative estimate of drug-likeness (QED) is 0.581. The molecule has 1 aliphatic carbocycles. The smallest absolute Gasteiger partial charge is 0.0574 e. The number of allylic oxidation sites excluding steroid dienone is 6. The molecule has 0 heterocycles. The molecule has 1 nitrogen and oxygen atoms in total. The zero-order chi connectivity index (χ0) is 8.27. The Bertz CT molecular complexity index is 250. The molecule has 0 spiro atoms. The van der Waals surface area contributed by atoms with E-state index in [-0.39, 0.29) is 0 Å². The second-order valence-electron chi connectivity index (χ2n) is 2.96. The molecule has 0 atom stereocenters. The van der Waals surface area contributed by atoms with E-state index in [1.54, 1.807) is 0 Å². The lowest BCUT2D eigenvalue weighted by Gasteiger charge is -1.98. The molecule has 58 valence electrons. The molecule has 0 amide bonds. The van der Waals surface area contributed by atoms with Gasteiger partial charge in [0.2, 0.25) is 0 Å². The van der Waals surface area contributed by atoms with E-state index in [0.717, 1.165) is 12.0 Å². The van der Waals surface area contributed by atoms with E-state index < -0.39 is 0 Å². The van der Waals surface area contributed by atoms with Gasteiger partial charge in [0.05, 0.1) is 5.71 Å². The molecular formula is C10H13N. The molecule has 0 aliphatic heterocycles. The van der Waals surface area contributed by atoms with Gasteiger partial charge in [-0.3, -0.25) is 0 Å². The Balaban J connectivity index is 2.64. The lowest BCUT2D eigenvalue weighted by molar-refractivity contribution is 1.32. The van der Waals surface area contributed by atoms with Gasteiger partial charge in [-0.15, -0.1) is 0 Å². The van der Waals surface area contributed by atoms with Crippen LogP contribution in [0.2, 0.25) is 0 Å². The third-order valence-electron chi connectivity index (χ3n) is 1.55. The van der Waals surface area contributed by atoms with Crippen LogP contribution < -0.4 is 0 Å². The zero-order valence-corrected chi connectivity index (χ0v) is 7.02. The van der Waals surface area contributed by atoms with Gasteiger partial charge in [-0.1, -0.05) is 23.8 Å². The molecule has 1 N–H and O–H groups in total. The van der Waals surface area contributed by atoms with Gasteiger partial charge in [0.1, 0.15) is 0 Å². The van der Waals surface area contributed by atoms with Crippen molar-refractivity contribution in [3.05, 3.63) is 35.5 Å². The van der Waals surface area contributed by atoms with Crippen molar-refractivity contribution in [2.24, 2.45) is 0 Å². The summed E-state index contributed by atoms with van der Waals surface area (Å²) in [6.07, 6.45) is 8.90. The molecule has 0 unspecified atom stereocenters. The summed E-state index contributed by atoms with van der Waals surface area (Å²) >= 11 is 0. The van der Waals surface area contributed by atoms with E-state index in [9.17, 15) is 0 Å². The van der Waals surface area contributed by atoms with Crippen LogP contribution in [0.25, 0.3) is 0 Å². The molecular weight excluding hydrogens is 134 g/mol. The topological polar surface area (TPSA) is 23.9 Å². The summed E-state index contributed by atoms with van der Waals surface area (Å²) < 4.78 is 0. The van der Waals surface area contributed by atoms with Gasteiger partial charge in [-0.05, 0) is 31.9 Å². The minimum absolute atomic E-state index is 0.648. The van der Waals surface area contributed by atoms with Crippen LogP contribution in [0.3, 0.4) is 0 Å². The summed E-state index contributed by atoms with van der Waals surface area (Å²) in [5, 5.41) is 7.63. The van der Waals surface area contributed by atoms with Crippen LogP contribution >= 0.6 is 0 Å². The minimum atomic E-state index is 0.648.